The Morgan fingerprint density at radius 1 is 1.50 bits per heavy atom. The number of piperazine rings is 1. The summed E-state index contributed by atoms with van der Waals surface area (Å²) < 4.78 is 6.83. The molecule has 0 aromatic carbocycles. The van der Waals surface area contributed by atoms with Crippen LogP contribution < -0.4 is 5.32 Å². The van der Waals surface area contributed by atoms with Gasteiger partial charge in [-0.1, -0.05) is 0 Å². The SMILES string of the molecule is COCCN1CCN(CC(=O)Nc2cc(C)nn2C)C[C@H]1C. The fourth-order valence-electron chi connectivity index (χ4n) is 2.87. The lowest BCUT2D eigenvalue weighted by Crippen LogP contribution is -2.54. The third kappa shape index (κ3) is 4.53. The van der Waals surface area contributed by atoms with Crippen LogP contribution in [0.3, 0.4) is 0 Å². The van der Waals surface area contributed by atoms with Crippen molar-refractivity contribution >= 4 is 11.7 Å². The van der Waals surface area contributed by atoms with E-state index in [4.69, 9.17) is 4.74 Å². The molecule has 1 N–H and O–H groups in total. The Kier molecular flexibility index (Phi) is 5.93. The van der Waals surface area contributed by atoms with Crippen LogP contribution in [0.1, 0.15) is 12.6 Å². The van der Waals surface area contributed by atoms with Crippen molar-refractivity contribution in [1.29, 1.82) is 0 Å². The molecule has 0 aliphatic carbocycles. The highest BCUT2D eigenvalue weighted by Gasteiger charge is 2.24. The number of anilines is 1. The predicted octanol–water partition coefficient (Wildman–Crippen LogP) is 0.320. The van der Waals surface area contributed by atoms with E-state index in [9.17, 15) is 4.79 Å². The lowest BCUT2D eigenvalue weighted by atomic mass is 10.2. The van der Waals surface area contributed by atoms with Crippen molar-refractivity contribution in [2.75, 3.05) is 51.8 Å². The van der Waals surface area contributed by atoms with E-state index in [2.05, 4.69) is 27.1 Å². The minimum absolute atomic E-state index is 0.0144. The van der Waals surface area contributed by atoms with Crippen LogP contribution in [0.25, 0.3) is 0 Å². The van der Waals surface area contributed by atoms with E-state index < -0.39 is 0 Å². The highest BCUT2D eigenvalue weighted by atomic mass is 16.5. The van der Waals surface area contributed by atoms with Gasteiger partial charge in [0.05, 0.1) is 18.8 Å². The van der Waals surface area contributed by atoms with Gasteiger partial charge in [-0.05, 0) is 13.8 Å². The highest BCUT2D eigenvalue weighted by Crippen LogP contribution is 2.11. The van der Waals surface area contributed by atoms with Gasteiger partial charge in [-0.15, -0.1) is 0 Å². The topological polar surface area (TPSA) is 62.6 Å². The van der Waals surface area contributed by atoms with E-state index >= 15 is 0 Å². The zero-order chi connectivity index (χ0) is 16.1. The third-order valence-corrected chi connectivity index (χ3v) is 4.07. The number of aromatic nitrogens is 2. The summed E-state index contributed by atoms with van der Waals surface area (Å²) in [5.74, 6) is 0.759. The summed E-state index contributed by atoms with van der Waals surface area (Å²) in [4.78, 5) is 16.8. The number of carbonyl (C=O) groups is 1. The van der Waals surface area contributed by atoms with Gasteiger partial charge in [0.15, 0.2) is 0 Å². The fraction of sp³-hybridized carbons (Fsp3) is 0.733. The smallest absolute Gasteiger partial charge is 0.239 e. The second-order valence-corrected chi connectivity index (χ2v) is 5.96. The number of hydrogen-bond acceptors (Lipinski definition) is 5. The number of hydrogen-bond donors (Lipinski definition) is 1. The molecule has 1 fully saturated rings. The first kappa shape index (κ1) is 16.9. The highest BCUT2D eigenvalue weighted by molar-refractivity contribution is 5.91. The molecule has 0 radical (unpaired) electrons. The number of amides is 1. The molecule has 0 unspecified atom stereocenters. The summed E-state index contributed by atoms with van der Waals surface area (Å²) in [5, 5.41) is 7.16. The van der Waals surface area contributed by atoms with Crippen LogP contribution >= 0.6 is 0 Å². The third-order valence-electron chi connectivity index (χ3n) is 4.07. The minimum Gasteiger partial charge on any atom is -0.383 e. The van der Waals surface area contributed by atoms with Crippen LogP contribution in [0.4, 0.5) is 5.82 Å². The Hall–Kier alpha value is -1.44. The lowest BCUT2D eigenvalue weighted by Gasteiger charge is -2.39. The number of carbonyl (C=O) groups excluding carboxylic acids is 1. The summed E-state index contributed by atoms with van der Waals surface area (Å²) in [6, 6.07) is 2.32. The van der Waals surface area contributed by atoms with Crippen LogP contribution in [0.5, 0.6) is 0 Å². The Bertz CT molecular complexity index is 502. The summed E-state index contributed by atoms with van der Waals surface area (Å²) in [5.41, 5.74) is 0.901. The second kappa shape index (κ2) is 7.71. The Labute approximate surface area is 132 Å². The molecular weight excluding hydrogens is 282 g/mol. The van der Waals surface area contributed by atoms with Crippen molar-refractivity contribution in [2.45, 2.75) is 19.9 Å². The average Bonchev–Trinajstić information content (AvgIpc) is 2.76. The number of nitrogens with zero attached hydrogens (tertiary/aromatic N) is 4. The monoisotopic (exact) mass is 309 g/mol. The van der Waals surface area contributed by atoms with Crippen molar-refractivity contribution in [3.8, 4) is 0 Å². The zero-order valence-electron chi connectivity index (χ0n) is 14.0. The van der Waals surface area contributed by atoms with E-state index in [1.165, 1.54) is 0 Å². The van der Waals surface area contributed by atoms with E-state index in [-0.39, 0.29) is 5.91 Å². The van der Waals surface area contributed by atoms with Crippen LogP contribution in [0.2, 0.25) is 0 Å². The Balaban J connectivity index is 1.79. The van der Waals surface area contributed by atoms with Crippen molar-refractivity contribution in [3.63, 3.8) is 0 Å². The molecule has 7 nitrogen and oxygen atoms in total. The first-order valence-corrected chi connectivity index (χ1v) is 7.75. The number of rotatable bonds is 6. The molecule has 1 atom stereocenters. The maximum absolute atomic E-state index is 12.2. The van der Waals surface area contributed by atoms with Gasteiger partial charge in [0.1, 0.15) is 5.82 Å². The van der Waals surface area contributed by atoms with Gasteiger partial charge in [-0.2, -0.15) is 5.10 Å². The maximum Gasteiger partial charge on any atom is 0.239 e. The molecule has 124 valence electrons. The Morgan fingerprint density at radius 2 is 2.27 bits per heavy atom. The molecule has 1 aliphatic rings. The summed E-state index contributed by atoms with van der Waals surface area (Å²) in [6.45, 7) is 9.03. The molecule has 7 heteroatoms. The van der Waals surface area contributed by atoms with Crippen molar-refractivity contribution < 1.29 is 9.53 Å². The lowest BCUT2D eigenvalue weighted by molar-refractivity contribution is -0.118. The normalized spacial score (nSPS) is 20.3. The van der Waals surface area contributed by atoms with Gasteiger partial charge in [0, 0.05) is 52.4 Å². The van der Waals surface area contributed by atoms with Crippen LogP contribution in [0.15, 0.2) is 6.07 Å². The number of methoxy groups -OCH3 is 1. The Morgan fingerprint density at radius 3 is 2.86 bits per heavy atom. The minimum atomic E-state index is 0.0144. The molecule has 0 spiro atoms. The molecule has 22 heavy (non-hydrogen) atoms. The van der Waals surface area contributed by atoms with Crippen molar-refractivity contribution in [1.82, 2.24) is 19.6 Å². The van der Waals surface area contributed by atoms with E-state index in [1.54, 1.807) is 11.8 Å². The molecule has 0 bridgehead atoms. The summed E-state index contributed by atoms with van der Waals surface area (Å²) in [7, 11) is 3.56. The van der Waals surface area contributed by atoms with Gasteiger partial charge in [-0.25, -0.2) is 0 Å². The zero-order valence-corrected chi connectivity index (χ0v) is 14.0. The first-order chi connectivity index (χ1) is 10.5. The molecule has 1 aromatic heterocycles. The second-order valence-electron chi connectivity index (χ2n) is 5.96. The largest absolute Gasteiger partial charge is 0.383 e. The molecule has 2 rings (SSSR count). The fourth-order valence-corrected chi connectivity index (χ4v) is 2.87. The van der Waals surface area contributed by atoms with Crippen molar-refractivity contribution in [2.24, 2.45) is 7.05 Å². The average molecular weight is 309 g/mol. The van der Waals surface area contributed by atoms with E-state index in [0.717, 1.165) is 44.3 Å². The quantitative estimate of drug-likeness (QED) is 0.820. The number of nitrogens with one attached hydrogen (secondary N) is 1. The van der Waals surface area contributed by atoms with Crippen molar-refractivity contribution in [3.05, 3.63) is 11.8 Å². The molecular formula is C15H27N5O2. The standard InChI is InChI=1S/C15H27N5O2/c1-12-9-14(18(3)17-12)16-15(21)11-19-5-6-20(7-8-22-4)13(2)10-19/h9,13H,5-8,10-11H2,1-4H3,(H,16,21)/t13-/m1/s1. The number of ether oxygens (including phenoxy) is 1. The van der Waals surface area contributed by atoms with E-state index in [0.29, 0.717) is 12.6 Å². The van der Waals surface area contributed by atoms with Crippen LogP contribution in [-0.2, 0) is 16.6 Å². The molecule has 1 amide bonds. The van der Waals surface area contributed by atoms with Gasteiger partial charge < -0.3 is 10.1 Å². The summed E-state index contributed by atoms with van der Waals surface area (Å²) in [6.07, 6.45) is 0. The van der Waals surface area contributed by atoms with E-state index in [1.807, 2.05) is 20.0 Å². The molecule has 1 aliphatic heterocycles. The van der Waals surface area contributed by atoms with Gasteiger partial charge >= 0.3 is 0 Å². The molecule has 1 aromatic rings. The van der Waals surface area contributed by atoms with Crippen LogP contribution in [0, 0.1) is 6.92 Å². The van der Waals surface area contributed by atoms with Gasteiger partial charge in [0.2, 0.25) is 5.91 Å². The first-order valence-electron chi connectivity index (χ1n) is 7.75. The molecule has 0 saturated carbocycles. The molecule has 2 heterocycles. The summed E-state index contributed by atoms with van der Waals surface area (Å²) >= 11 is 0. The van der Waals surface area contributed by atoms with Gasteiger partial charge in [0.25, 0.3) is 0 Å². The number of aryl methyl sites for hydroxylation is 2. The maximum atomic E-state index is 12.2. The molecule has 1 saturated heterocycles. The predicted molar refractivity (Wildman–Crippen MR) is 85.9 cm³/mol. The van der Waals surface area contributed by atoms with Crippen LogP contribution in [-0.4, -0.2) is 78.0 Å². The van der Waals surface area contributed by atoms with Gasteiger partial charge in [-0.3, -0.25) is 19.3 Å².